The minimum atomic E-state index is -0.479. The van der Waals surface area contributed by atoms with Gasteiger partial charge in [0.15, 0.2) is 5.76 Å². The molecule has 0 unspecified atom stereocenters. The number of nitrogens with one attached hydrogen (secondary N) is 1. The Labute approximate surface area is 172 Å². The third kappa shape index (κ3) is 4.17. The predicted octanol–water partition coefficient (Wildman–Crippen LogP) is 3.16. The van der Waals surface area contributed by atoms with Crippen LogP contribution in [0.25, 0.3) is 11.3 Å². The lowest BCUT2D eigenvalue weighted by atomic mass is 10.1. The van der Waals surface area contributed by atoms with Gasteiger partial charge in [0, 0.05) is 30.3 Å². The number of aromatic nitrogens is 1. The number of carbonyl (C=O) groups is 2. The third-order valence-electron chi connectivity index (χ3n) is 4.99. The molecule has 1 aromatic heterocycles. The van der Waals surface area contributed by atoms with Crippen molar-refractivity contribution in [3.8, 4) is 17.1 Å². The zero-order valence-corrected chi connectivity index (χ0v) is 16.3. The van der Waals surface area contributed by atoms with Gasteiger partial charge in [0.05, 0.1) is 19.6 Å². The molecular weight excluding hydrogens is 389 g/mol. The second-order valence-corrected chi connectivity index (χ2v) is 7.01. The van der Waals surface area contributed by atoms with Gasteiger partial charge in [0.2, 0.25) is 11.8 Å². The fraction of sp³-hybridized carbons (Fsp3) is 0.227. The maximum atomic E-state index is 13.1. The standard InChI is InChI=1S/C22H20FN3O4/c1-29-19-4-2-3-14(9-19)20-11-17(25-30-20)12-24-22(28)15-10-21(27)26(13-15)18-7-5-16(23)6-8-18/h2-9,11,15H,10,12-13H2,1H3,(H,24,28)/t15-/m1/s1. The number of hydrogen-bond donors (Lipinski definition) is 1. The Bertz CT molecular complexity index is 1060. The van der Waals surface area contributed by atoms with E-state index in [1.54, 1.807) is 13.2 Å². The minimum absolute atomic E-state index is 0.108. The Kier molecular flexibility index (Phi) is 5.47. The summed E-state index contributed by atoms with van der Waals surface area (Å²) in [7, 11) is 1.59. The van der Waals surface area contributed by atoms with E-state index in [0.717, 1.165) is 5.56 Å². The Hall–Kier alpha value is -3.68. The van der Waals surface area contributed by atoms with Gasteiger partial charge < -0.3 is 19.5 Å². The Morgan fingerprint density at radius 3 is 2.83 bits per heavy atom. The number of hydrogen-bond acceptors (Lipinski definition) is 5. The molecule has 1 fully saturated rings. The van der Waals surface area contributed by atoms with Crippen molar-refractivity contribution in [2.24, 2.45) is 5.92 Å². The van der Waals surface area contributed by atoms with Gasteiger partial charge in [-0.05, 0) is 36.4 Å². The summed E-state index contributed by atoms with van der Waals surface area (Å²) in [5.74, 6) is 0.0161. The molecule has 1 saturated heterocycles. The number of ether oxygens (including phenoxy) is 1. The molecule has 8 heteroatoms. The van der Waals surface area contributed by atoms with Crippen molar-refractivity contribution in [3.63, 3.8) is 0 Å². The molecule has 0 saturated carbocycles. The smallest absolute Gasteiger partial charge is 0.227 e. The molecule has 1 atom stereocenters. The van der Waals surface area contributed by atoms with Gasteiger partial charge in [0.25, 0.3) is 0 Å². The lowest BCUT2D eigenvalue weighted by molar-refractivity contribution is -0.126. The first-order chi connectivity index (χ1) is 14.5. The lowest BCUT2D eigenvalue weighted by Crippen LogP contribution is -2.32. The summed E-state index contributed by atoms with van der Waals surface area (Å²) in [6.07, 6.45) is 0.108. The Morgan fingerprint density at radius 2 is 2.07 bits per heavy atom. The highest BCUT2D eigenvalue weighted by Crippen LogP contribution is 2.26. The normalized spacial score (nSPS) is 16.0. The number of halogens is 1. The molecule has 30 heavy (non-hydrogen) atoms. The van der Waals surface area contributed by atoms with Crippen LogP contribution in [-0.4, -0.2) is 30.6 Å². The van der Waals surface area contributed by atoms with Crippen LogP contribution in [0.1, 0.15) is 12.1 Å². The number of rotatable bonds is 6. The van der Waals surface area contributed by atoms with Gasteiger partial charge in [-0.15, -0.1) is 0 Å². The highest BCUT2D eigenvalue weighted by molar-refractivity contribution is 6.00. The van der Waals surface area contributed by atoms with E-state index in [2.05, 4.69) is 10.5 Å². The highest BCUT2D eigenvalue weighted by Gasteiger charge is 2.35. The monoisotopic (exact) mass is 409 g/mol. The number of nitrogens with zero attached hydrogens (tertiary/aromatic N) is 2. The molecular formula is C22H20FN3O4. The van der Waals surface area contributed by atoms with Crippen LogP contribution in [0.15, 0.2) is 59.1 Å². The van der Waals surface area contributed by atoms with E-state index in [-0.39, 0.29) is 37.1 Å². The Morgan fingerprint density at radius 1 is 1.27 bits per heavy atom. The first-order valence-electron chi connectivity index (χ1n) is 9.47. The minimum Gasteiger partial charge on any atom is -0.497 e. The van der Waals surface area contributed by atoms with E-state index in [1.165, 1.54) is 29.2 Å². The van der Waals surface area contributed by atoms with Crippen LogP contribution in [0, 0.1) is 11.7 Å². The molecule has 1 aliphatic heterocycles. The molecule has 0 spiro atoms. The summed E-state index contributed by atoms with van der Waals surface area (Å²) in [5, 5.41) is 6.79. The molecule has 7 nitrogen and oxygen atoms in total. The SMILES string of the molecule is COc1cccc(-c2cc(CNC(=O)[C@@H]3CC(=O)N(c4ccc(F)cc4)C3)no2)c1. The maximum Gasteiger partial charge on any atom is 0.227 e. The van der Waals surface area contributed by atoms with E-state index < -0.39 is 5.92 Å². The molecule has 0 radical (unpaired) electrons. The molecule has 1 N–H and O–H groups in total. The van der Waals surface area contributed by atoms with Crippen LogP contribution in [-0.2, 0) is 16.1 Å². The number of methoxy groups -OCH3 is 1. The summed E-state index contributed by atoms with van der Waals surface area (Å²) in [6.45, 7) is 0.442. The molecule has 2 aromatic carbocycles. The van der Waals surface area contributed by atoms with Crippen LogP contribution >= 0.6 is 0 Å². The van der Waals surface area contributed by atoms with Crippen LogP contribution in [0.5, 0.6) is 5.75 Å². The van der Waals surface area contributed by atoms with Crippen LogP contribution in [0.4, 0.5) is 10.1 Å². The van der Waals surface area contributed by atoms with Crippen LogP contribution < -0.4 is 15.0 Å². The molecule has 0 aliphatic carbocycles. The average Bonchev–Trinajstić information content (AvgIpc) is 3.40. The fourth-order valence-corrected chi connectivity index (χ4v) is 3.38. The van der Waals surface area contributed by atoms with E-state index in [1.807, 2.05) is 24.3 Å². The van der Waals surface area contributed by atoms with E-state index in [0.29, 0.717) is 22.9 Å². The Balaban J connectivity index is 1.35. The summed E-state index contributed by atoms with van der Waals surface area (Å²) in [4.78, 5) is 26.3. The highest BCUT2D eigenvalue weighted by atomic mass is 19.1. The molecule has 1 aliphatic rings. The zero-order chi connectivity index (χ0) is 21.1. The first kappa shape index (κ1) is 19.6. The van der Waals surface area contributed by atoms with Gasteiger partial charge in [-0.2, -0.15) is 0 Å². The van der Waals surface area contributed by atoms with Crippen molar-refractivity contribution in [2.75, 3.05) is 18.6 Å². The van der Waals surface area contributed by atoms with Gasteiger partial charge in [-0.25, -0.2) is 4.39 Å². The van der Waals surface area contributed by atoms with Crippen molar-refractivity contribution in [2.45, 2.75) is 13.0 Å². The van der Waals surface area contributed by atoms with E-state index >= 15 is 0 Å². The quantitative estimate of drug-likeness (QED) is 0.676. The van der Waals surface area contributed by atoms with E-state index in [9.17, 15) is 14.0 Å². The largest absolute Gasteiger partial charge is 0.497 e. The van der Waals surface area contributed by atoms with Crippen molar-refractivity contribution in [1.82, 2.24) is 10.5 Å². The molecule has 3 aromatic rings. The van der Waals surface area contributed by atoms with Gasteiger partial charge >= 0.3 is 0 Å². The van der Waals surface area contributed by atoms with Gasteiger partial charge in [-0.1, -0.05) is 17.3 Å². The summed E-state index contributed by atoms with van der Waals surface area (Å²) in [6, 6.07) is 14.8. The average molecular weight is 409 g/mol. The predicted molar refractivity (Wildman–Crippen MR) is 107 cm³/mol. The maximum absolute atomic E-state index is 13.1. The van der Waals surface area contributed by atoms with Crippen molar-refractivity contribution in [3.05, 3.63) is 66.1 Å². The van der Waals surface area contributed by atoms with Gasteiger partial charge in [-0.3, -0.25) is 9.59 Å². The van der Waals surface area contributed by atoms with Crippen LogP contribution in [0.2, 0.25) is 0 Å². The van der Waals surface area contributed by atoms with Crippen molar-refractivity contribution < 1.29 is 23.2 Å². The second-order valence-electron chi connectivity index (χ2n) is 7.01. The van der Waals surface area contributed by atoms with Crippen molar-refractivity contribution in [1.29, 1.82) is 0 Å². The lowest BCUT2D eigenvalue weighted by Gasteiger charge is -2.16. The number of carbonyl (C=O) groups excluding carboxylic acids is 2. The van der Waals surface area contributed by atoms with Gasteiger partial charge in [0.1, 0.15) is 17.3 Å². The van der Waals surface area contributed by atoms with Crippen molar-refractivity contribution >= 4 is 17.5 Å². The molecule has 154 valence electrons. The second kappa shape index (κ2) is 8.36. The number of benzene rings is 2. The zero-order valence-electron chi connectivity index (χ0n) is 16.3. The molecule has 0 bridgehead atoms. The number of amides is 2. The first-order valence-corrected chi connectivity index (χ1v) is 9.47. The topological polar surface area (TPSA) is 84.7 Å². The van der Waals surface area contributed by atoms with Crippen LogP contribution in [0.3, 0.4) is 0 Å². The summed E-state index contributed by atoms with van der Waals surface area (Å²) < 4.78 is 23.7. The molecule has 4 rings (SSSR count). The summed E-state index contributed by atoms with van der Waals surface area (Å²) in [5.41, 5.74) is 1.97. The third-order valence-corrected chi connectivity index (χ3v) is 4.99. The number of anilines is 1. The van der Waals surface area contributed by atoms with E-state index in [4.69, 9.17) is 9.26 Å². The summed E-state index contributed by atoms with van der Waals surface area (Å²) >= 11 is 0. The molecule has 2 heterocycles. The fourth-order valence-electron chi connectivity index (χ4n) is 3.38. The molecule has 2 amide bonds.